The second kappa shape index (κ2) is 6.37. The van der Waals surface area contributed by atoms with Gasteiger partial charge in [0.2, 0.25) is 11.8 Å². The van der Waals surface area contributed by atoms with Crippen LogP contribution < -0.4 is 10.6 Å². The monoisotopic (exact) mass is 267 g/mol. The largest absolute Gasteiger partial charge is 0.353 e. The lowest BCUT2D eigenvalue weighted by Gasteiger charge is -2.29. The van der Waals surface area contributed by atoms with Gasteiger partial charge in [0.1, 0.15) is 6.04 Å². The highest BCUT2D eigenvalue weighted by Gasteiger charge is 2.29. The molecule has 2 heterocycles. The quantitative estimate of drug-likeness (QED) is 0.759. The first-order chi connectivity index (χ1) is 9.08. The maximum atomic E-state index is 12.4. The van der Waals surface area contributed by atoms with Gasteiger partial charge in [0, 0.05) is 19.6 Å². The molecule has 2 N–H and O–H groups in total. The van der Waals surface area contributed by atoms with Gasteiger partial charge in [0.05, 0.1) is 6.54 Å². The fourth-order valence-corrected chi connectivity index (χ4v) is 2.97. The molecule has 0 aromatic carbocycles. The zero-order valence-corrected chi connectivity index (χ0v) is 11.9. The van der Waals surface area contributed by atoms with Crippen molar-refractivity contribution in [3.05, 3.63) is 0 Å². The Kier molecular flexibility index (Phi) is 4.80. The van der Waals surface area contributed by atoms with Gasteiger partial charge >= 0.3 is 0 Å². The Bertz CT molecular complexity index is 334. The van der Waals surface area contributed by atoms with Crippen molar-refractivity contribution in [1.82, 2.24) is 15.5 Å². The first-order valence-corrected chi connectivity index (χ1v) is 7.37. The van der Waals surface area contributed by atoms with Crippen LogP contribution in [0.3, 0.4) is 0 Å². The van der Waals surface area contributed by atoms with E-state index >= 15 is 0 Å². The van der Waals surface area contributed by atoms with Crippen molar-refractivity contribution < 1.29 is 9.59 Å². The Morgan fingerprint density at radius 2 is 2.11 bits per heavy atom. The highest BCUT2D eigenvalue weighted by Crippen LogP contribution is 2.24. The van der Waals surface area contributed by atoms with Crippen molar-refractivity contribution in [3.8, 4) is 0 Å². The lowest BCUT2D eigenvalue weighted by molar-refractivity contribution is -0.134. The first kappa shape index (κ1) is 14.3. The topological polar surface area (TPSA) is 61.4 Å². The molecule has 5 heteroatoms. The normalized spacial score (nSPS) is 29.0. The van der Waals surface area contributed by atoms with E-state index in [9.17, 15) is 9.59 Å². The SMILES string of the molecule is CC(C)C1CCCN(C(=O)C2CNC(=O)CN2)CC1. The van der Waals surface area contributed by atoms with Gasteiger partial charge in [-0.1, -0.05) is 13.8 Å². The van der Waals surface area contributed by atoms with Gasteiger partial charge in [-0.3, -0.25) is 14.9 Å². The van der Waals surface area contributed by atoms with E-state index < -0.39 is 0 Å². The van der Waals surface area contributed by atoms with E-state index in [1.54, 1.807) is 0 Å². The van der Waals surface area contributed by atoms with E-state index in [1.807, 2.05) is 4.90 Å². The molecule has 19 heavy (non-hydrogen) atoms. The molecule has 2 aliphatic heterocycles. The minimum Gasteiger partial charge on any atom is -0.353 e. The van der Waals surface area contributed by atoms with Crippen LogP contribution in [-0.4, -0.2) is 48.9 Å². The van der Waals surface area contributed by atoms with Crippen molar-refractivity contribution in [3.63, 3.8) is 0 Å². The molecule has 5 nitrogen and oxygen atoms in total. The number of carbonyl (C=O) groups is 2. The standard InChI is InChI=1S/C14H25N3O2/c1-10(2)11-4-3-6-17(7-5-11)14(19)12-8-16-13(18)9-15-12/h10-12,15H,3-9H2,1-2H3,(H,16,18). The molecule has 0 aromatic rings. The second-order valence-electron chi connectivity index (χ2n) is 6.00. The van der Waals surface area contributed by atoms with Gasteiger partial charge in [-0.15, -0.1) is 0 Å². The molecule has 2 fully saturated rings. The molecule has 0 spiro atoms. The van der Waals surface area contributed by atoms with E-state index in [4.69, 9.17) is 0 Å². The lowest BCUT2D eigenvalue weighted by atomic mass is 9.89. The fourth-order valence-electron chi connectivity index (χ4n) is 2.97. The molecule has 2 atom stereocenters. The molecule has 0 aromatic heterocycles. The maximum Gasteiger partial charge on any atom is 0.241 e. The van der Waals surface area contributed by atoms with Gasteiger partial charge in [-0.05, 0) is 31.1 Å². The molecular weight excluding hydrogens is 242 g/mol. The number of rotatable bonds is 2. The summed E-state index contributed by atoms with van der Waals surface area (Å²) in [6.07, 6.45) is 3.41. The summed E-state index contributed by atoms with van der Waals surface area (Å²) in [6, 6.07) is -0.242. The molecule has 2 rings (SSSR count). The molecule has 0 saturated carbocycles. The van der Waals surface area contributed by atoms with Crippen LogP contribution in [0, 0.1) is 11.8 Å². The van der Waals surface area contributed by atoms with Gasteiger partial charge in [0.25, 0.3) is 0 Å². The van der Waals surface area contributed by atoms with Crippen molar-refractivity contribution in [2.75, 3.05) is 26.2 Å². The van der Waals surface area contributed by atoms with Crippen LogP contribution in [-0.2, 0) is 9.59 Å². The number of nitrogens with zero attached hydrogens (tertiary/aromatic N) is 1. The Morgan fingerprint density at radius 3 is 2.74 bits per heavy atom. The van der Waals surface area contributed by atoms with E-state index in [0.29, 0.717) is 12.5 Å². The average Bonchev–Trinajstić information content (AvgIpc) is 2.64. The van der Waals surface area contributed by atoms with Gasteiger partial charge in [0.15, 0.2) is 0 Å². The van der Waals surface area contributed by atoms with Crippen LogP contribution in [0.1, 0.15) is 33.1 Å². The summed E-state index contributed by atoms with van der Waals surface area (Å²) in [5.74, 6) is 1.54. The van der Waals surface area contributed by atoms with Crippen LogP contribution in [0.5, 0.6) is 0 Å². The molecule has 2 amide bonds. The van der Waals surface area contributed by atoms with Gasteiger partial charge in [-0.25, -0.2) is 0 Å². The van der Waals surface area contributed by atoms with E-state index in [0.717, 1.165) is 31.8 Å². The lowest BCUT2D eigenvalue weighted by Crippen LogP contribution is -2.58. The third-order valence-corrected chi connectivity index (χ3v) is 4.34. The molecule has 2 aliphatic rings. The summed E-state index contributed by atoms with van der Waals surface area (Å²) in [5.41, 5.74) is 0. The minimum atomic E-state index is -0.242. The number of likely N-dealkylation sites (tertiary alicyclic amines) is 1. The van der Waals surface area contributed by atoms with E-state index in [2.05, 4.69) is 24.5 Å². The number of nitrogens with one attached hydrogen (secondary N) is 2. The molecule has 2 saturated heterocycles. The second-order valence-corrected chi connectivity index (χ2v) is 6.00. The summed E-state index contributed by atoms with van der Waals surface area (Å²) < 4.78 is 0. The predicted molar refractivity (Wildman–Crippen MR) is 73.6 cm³/mol. The van der Waals surface area contributed by atoms with Crippen molar-refractivity contribution in [2.24, 2.45) is 11.8 Å². The Labute approximate surface area is 115 Å². The van der Waals surface area contributed by atoms with Crippen LogP contribution in [0.25, 0.3) is 0 Å². The summed E-state index contributed by atoms with van der Waals surface area (Å²) in [7, 11) is 0. The smallest absolute Gasteiger partial charge is 0.241 e. The summed E-state index contributed by atoms with van der Waals surface area (Å²) in [6.45, 7) is 6.91. The minimum absolute atomic E-state index is 0.0280. The van der Waals surface area contributed by atoms with Crippen LogP contribution in [0.15, 0.2) is 0 Å². The van der Waals surface area contributed by atoms with Gasteiger partial charge in [-0.2, -0.15) is 0 Å². The summed E-state index contributed by atoms with van der Waals surface area (Å²) >= 11 is 0. The van der Waals surface area contributed by atoms with E-state index in [1.165, 1.54) is 6.42 Å². The zero-order chi connectivity index (χ0) is 13.8. The number of hydrogen-bond donors (Lipinski definition) is 2. The highest BCUT2D eigenvalue weighted by molar-refractivity contribution is 5.86. The van der Waals surface area contributed by atoms with Crippen LogP contribution in [0.4, 0.5) is 0 Å². The third kappa shape index (κ3) is 3.69. The Morgan fingerprint density at radius 1 is 1.32 bits per heavy atom. The third-order valence-electron chi connectivity index (χ3n) is 4.34. The van der Waals surface area contributed by atoms with E-state index in [-0.39, 0.29) is 24.4 Å². The van der Waals surface area contributed by atoms with Gasteiger partial charge < -0.3 is 10.2 Å². The Balaban J connectivity index is 1.87. The predicted octanol–water partition coefficient (Wildman–Crippen LogP) is 0.359. The number of amides is 2. The fraction of sp³-hybridized carbons (Fsp3) is 0.857. The first-order valence-electron chi connectivity index (χ1n) is 7.37. The number of carbonyl (C=O) groups excluding carboxylic acids is 2. The molecule has 0 bridgehead atoms. The van der Waals surface area contributed by atoms with Crippen LogP contribution in [0.2, 0.25) is 0 Å². The number of hydrogen-bond acceptors (Lipinski definition) is 3. The molecule has 2 unspecified atom stereocenters. The zero-order valence-electron chi connectivity index (χ0n) is 11.9. The Hall–Kier alpha value is -1.10. The molecule has 108 valence electrons. The summed E-state index contributed by atoms with van der Waals surface area (Å²) in [4.78, 5) is 25.5. The van der Waals surface area contributed by atoms with Crippen molar-refractivity contribution in [1.29, 1.82) is 0 Å². The van der Waals surface area contributed by atoms with Crippen LogP contribution >= 0.6 is 0 Å². The molecule has 0 radical (unpaired) electrons. The summed E-state index contributed by atoms with van der Waals surface area (Å²) in [5, 5.41) is 5.76. The van der Waals surface area contributed by atoms with Crippen molar-refractivity contribution in [2.45, 2.75) is 39.2 Å². The average molecular weight is 267 g/mol. The maximum absolute atomic E-state index is 12.4. The molecular formula is C14H25N3O2. The molecule has 0 aliphatic carbocycles. The number of piperazine rings is 1. The van der Waals surface area contributed by atoms with Crippen molar-refractivity contribution >= 4 is 11.8 Å². The highest BCUT2D eigenvalue weighted by atomic mass is 16.2.